The number of carbonyl (C=O) groups is 1. The first-order valence-electron chi connectivity index (χ1n) is 4.77. The number of carbonyl (C=O) groups excluding carboxylic acids is 1. The quantitative estimate of drug-likeness (QED) is 0.660. The lowest BCUT2D eigenvalue weighted by molar-refractivity contribution is -0.146. The van der Waals surface area contributed by atoms with Crippen molar-refractivity contribution in [2.75, 3.05) is 27.2 Å². The molecule has 1 saturated heterocycles. The Morgan fingerprint density at radius 1 is 1.53 bits per heavy atom. The molecule has 1 heterocycles. The van der Waals surface area contributed by atoms with E-state index >= 15 is 0 Å². The van der Waals surface area contributed by atoms with Crippen molar-refractivity contribution in [1.29, 1.82) is 0 Å². The summed E-state index contributed by atoms with van der Waals surface area (Å²) in [5.41, 5.74) is 0. The van der Waals surface area contributed by atoms with Crippen molar-refractivity contribution >= 4 is 16.2 Å². The number of nitrogens with one attached hydrogen (secondary N) is 1. The molecule has 0 aliphatic carbocycles. The standard InChI is InChI=1S/C8H16N2O4S/c1-9-15(12,13)10-5-3-4-7(6-10)8(11)14-2/h7,9H,3-6H2,1-2H3. The molecule has 1 atom stereocenters. The molecule has 1 fully saturated rings. The second-order valence-electron chi connectivity index (χ2n) is 3.43. The average Bonchev–Trinajstić information content (AvgIpc) is 2.28. The summed E-state index contributed by atoms with van der Waals surface area (Å²) in [6.45, 7) is 0.659. The Morgan fingerprint density at radius 3 is 2.73 bits per heavy atom. The Kier molecular flexibility index (Phi) is 4.06. The van der Waals surface area contributed by atoms with E-state index in [4.69, 9.17) is 0 Å². The van der Waals surface area contributed by atoms with Gasteiger partial charge in [-0.1, -0.05) is 0 Å². The summed E-state index contributed by atoms with van der Waals surface area (Å²) in [7, 11) is -0.749. The number of rotatable bonds is 3. The molecule has 1 N–H and O–H groups in total. The lowest BCUT2D eigenvalue weighted by Crippen LogP contribution is -2.46. The zero-order chi connectivity index (χ0) is 11.5. The molecule has 6 nitrogen and oxygen atoms in total. The van der Waals surface area contributed by atoms with Crippen molar-refractivity contribution in [3.8, 4) is 0 Å². The van der Waals surface area contributed by atoms with Crippen molar-refractivity contribution < 1.29 is 17.9 Å². The van der Waals surface area contributed by atoms with Crippen LogP contribution in [0.2, 0.25) is 0 Å². The molecule has 15 heavy (non-hydrogen) atoms. The molecule has 0 amide bonds. The highest BCUT2D eigenvalue weighted by Gasteiger charge is 2.31. The van der Waals surface area contributed by atoms with E-state index in [1.165, 1.54) is 18.5 Å². The highest BCUT2D eigenvalue weighted by atomic mass is 32.2. The van der Waals surface area contributed by atoms with Crippen molar-refractivity contribution in [3.05, 3.63) is 0 Å². The third-order valence-corrected chi connectivity index (χ3v) is 4.04. The first-order chi connectivity index (χ1) is 7.01. The number of hydrogen-bond donors (Lipinski definition) is 1. The molecule has 7 heteroatoms. The van der Waals surface area contributed by atoms with Crippen molar-refractivity contribution in [1.82, 2.24) is 9.03 Å². The van der Waals surface area contributed by atoms with Gasteiger partial charge >= 0.3 is 5.97 Å². The molecule has 0 spiro atoms. The number of esters is 1. The maximum Gasteiger partial charge on any atom is 0.309 e. The second-order valence-corrected chi connectivity index (χ2v) is 5.30. The first-order valence-corrected chi connectivity index (χ1v) is 6.21. The molecule has 88 valence electrons. The molecular formula is C8H16N2O4S. The summed E-state index contributed by atoms with van der Waals surface area (Å²) >= 11 is 0. The monoisotopic (exact) mass is 236 g/mol. The maximum atomic E-state index is 11.5. The Labute approximate surface area is 89.8 Å². The van der Waals surface area contributed by atoms with Gasteiger partial charge in [-0.2, -0.15) is 12.7 Å². The highest BCUT2D eigenvalue weighted by molar-refractivity contribution is 7.87. The lowest BCUT2D eigenvalue weighted by atomic mass is 10.0. The van der Waals surface area contributed by atoms with Crippen LogP contribution in [-0.4, -0.2) is 45.9 Å². The molecule has 1 rings (SSSR count). The minimum Gasteiger partial charge on any atom is -0.469 e. The van der Waals surface area contributed by atoms with Gasteiger partial charge in [0, 0.05) is 20.1 Å². The van der Waals surface area contributed by atoms with Gasteiger partial charge in [0.25, 0.3) is 10.2 Å². The van der Waals surface area contributed by atoms with E-state index in [0.29, 0.717) is 19.4 Å². The fourth-order valence-corrected chi connectivity index (χ4v) is 2.65. The zero-order valence-electron chi connectivity index (χ0n) is 8.89. The second kappa shape index (κ2) is 4.91. The SMILES string of the molecule is CNS(=O)(=O)N1CCCC(C(=O)OC)C1. The van der Waals surface area contributed by atoms with Gasteiger partial charge < -0.3 is 4.74 Å². The number of ether oxygens (including phenoxy) is 1. The fourth-order valence-electron chi connectivity index (χ4n) is 1.65. The van der Waals surface area contributed by atoms with Crippen molar-refractivity contribution in [2.24, 2.45) is 5.92 Å². The molecular weight excluding hydrogens is 220 g/mol. The van der Waals surface area contributed by atoms with E-state index in [9.17, 15) is 13.2 Å². The molecule has 1 aliphatic rings. The number of hydrogen-bond acceptors (Lipinski definition) is 4. The number of piperidine rings is 1. The third kappa shape index (κ3) is 2.90. The van der Waals surface area contributed by atoms with Gasteiger partial charge in [-0.05, 0) is 12.8 Å². The van der Waals surface area contributed by atoms with Gasteiger partial charge in [-0.15, -0.1) is 0 Å². The first kappa shape index (κ1) is 12.4. The normalized spacial score (nSPS) is 23.7. The van der Waals surface area contributed by atoms with Gasteiger partial charge in [0.05, 0.1) is 13.0 Å². The summed E-state index contributed by atoms with van der Waals surface area (Å²) in [5, 5.41) is 0. The molecule has 0 aromatic heterocycles. The van der Waals surface area contributed by atoms with Crippen molar-refractivity contribution in [3.63, 3.8) is 0 Å². The van der Waals surface area contributed by atoms with Crippen LogP contribution in [-0.2, 0) is 19.7 Å². The van der Waals surface area contributed by atoms with Crippen LogP contribution in [0.4, 0.5) is 0 Å². The van der Waals surface area contributed by atoms with E-state index in [2.05, 4.69) is 9.46 Å². The van der Waals surface area contributed by atoms with Gasteiger partial charge in [0.15, 0.2) is 0 Å². The Hall–Kier alpha value is -0.660. The molecule has 0 radical (unpaired) electrons. The summed E-state index contributed by atoms with van der Waals surface area (Å²) in [5.74, 6) is -0.683. The van der Waals surface area contributed by atoms with Gasteiger partial charge in [0.1, 0.15) is 0 Å². The van der Waals surface area contributed by atoms with Crippen LogP contribution in [0.1, 0.15) is 12.8 Å². The third-order valence-electron chi connectivity index (χ3n) is 2.52. The van der Waals surface area contributed by atoms with Crippen LogP contribution in [0.3, 0.4) is 0 Å². The van der Waals surface area contributed by atoms with Crippen LogP contribution < -0.4 is 4.72 Å². The van der Waals surface area contributed by atoms with E-state index in [1.54, 1.807) is 0 Å². The maximum absolute atomic E-state index is 11.5. The highest BCUT2D eigenvalue weighted by Crippen LogP contribution is 2.19. The molecule has 0 bridgehead atoms. The van der Waals surface area contributed by atoms with E-state index in [0.717, 1.165) is 0 Å². The smallest absolute Gasteiger partial charge is 0.309 e. The van der Waals surface area contributed by atoms with Crippen LogP contribution >= 0.6 is 0 Å². The predicted octanol–water partition coefficient (Wildman–Crippen LogP) is -0.664. The summed E-state index contributed by atoms with van der Waals surface area (Å²) in [6, 6.07) is 0. The molecule has 0 aromatic rings. The zero-order valence-corrected chi connectivity index (χ0v) is 9.71. The van der Waals surface area contributed by atoms with Gasteiger partial charge in [0.2, 0.25) is 0 Å². The van der Waals surface area contributed by atoms with Gasteiger partial charge in [-0.25, -0.2) is 4.72 Å². The predicted molar refractivity (Wildman–Crippen MR) is 54.3 cm³/mol. The minimum absolute atomic E-state index is 0.204. The molecule has 0 saturated carbocycles. The number of nitrogens with zero attached hydrogens (tertiary/aromatic N) is 1. The Bertz CT molecular complexity index is 328. The summed E-state index contributed by atoms with van der Waals surface area (Å²) < 4.78 is 31.1. The topological polar surface area (TPSA) is 75.7 Å². The average molecular weight is 236 g/mol. The van der Waals surface area contributed by atoms with Crippen LogP contribution in [0.5, 0.6) is 0 Å². The van der Waals surface area contributed by atoms with E-state index in [-0.39, 0.29) is 18.4 Å². The van der Waals surface area contributed by atoms with Gasteiger partial charge in [-0.3, -0.25) is 4.79 Å². The Morgan fingerprint density at radius 2 is 2.20 bits per heavy atom. The molecule has 1 aliphatic heterocycles. The summed E-state index contributed by atoms with van der Waals surface area (Å²) in [4.78, 5) is 11.3. The summed E-state index contributed by atoms with van der Waals surface area (Å²) in [6.07, 6.45) is 1.36. The molecule has 0 aromatic carbocycles. The number of methoxy groups -OCH3 is 1. The van der Waals surface area contributed by atoms with E-state index < -0.39 is 10.2 Å². The fraction of sp³-hybridized carbons (Fsp3) is 0.875. The largest absolute Gasteiger partial charge is 0.469 e. The Balaban J connectivity index is 2.68. The lowest BCUT2D eigenvalue weighted by Gasteiger charge is -2.29. The minimum atomic E-state index is -3.42. The van der Waals surface area contributed by atoms with Crippen LogP contribution in [0, 0.1) is 5.92 Å². The van der Waals surface area contributed by atoms with Crippen LogP contribution in [0.15, 0.2) is 0 Å². The van der Waals surface area contributed by atoms with Crippen molar-refractivity contribution in [2.45, 2.75) is 12.8 Å². The van der Waals surface area contributed by atoms with E-state index in [1.807, 2.05) is 0 Å². The molecule has 1 unspecified atom stereocenters. The van der Waals surface area contributed by atoms with Crippen LogP contribution in [0.25, 0.3) is 0 Å².